The third-order valence-electron chi connectivity index (χ3n) is 5.46. The minimum Gasteiger partial charge on any atom is -0.280 e. The molecule has 0 unspecified atom stereocenters. The molecule has 0 aromatic heterocycles. The molecule has 192 valence electrons. The monoisotopic (exact) mass is 556 g/mol. The molecule has 4 aromatic carbocycles. The predicted octanol–water partition coefficient (Wildman–Crippen LogP) is 4.74. The van der Waals surface area contributed by atoms with Crippen molar-refractivity contribution < 1.29 is 25.3 Å². The molecule has 0 fully saturated rings. The third-order valence-corrected chi connectivity index (χ3v) is 9.97. The normalized spacial score (nSPS) is 12.2. The van der Waals surface area contributed by atoms with Gasteiger partial charge in [0.25, 0.3) is 20.0 Å². The molecule has 0 saturated heterocycles. The van der Waals surface area contributed by atoms with Crippen molar-refractivity contribution in [3.63, 3.8) is 0 Å². The van der Waals surface area contributed by atoms with E-state index in [4.69, 9.17) is 0 Å². The molecule has 8 nitrogen and oxygen atoms in total. The lowest BCUT2D eigenvalue weighted by molar-refractivity contribution is 0.595. The third kappa shape index (κ3) is 6.01. The molecule has 11 heteroatoms. The Morgan fingerprint density at radius 2 is 0.784 bits per heavy atom. The number of aryl methyl sites for hydroxylation is 2. The van der Waals surface area contributed by atoms with E-state index in [0.717, 1.165) is 23.3 Å². The van der Waals surface area contributed by atoms with Crippen LogP contribution in [0.15, 0.2) is 117 Å². The molecule has 0 radical (unpaired) electrons. The summed E-state index contributed by atoms with van der Waals surface area (Å²) >= 11 is 0. The first-order valence-corrected chi connectivity index (χ1v) is 15.5. The fourth-order valence-corrected chi connectivity index (χ4v) is 7.13. The molecule has 4 rings (SSSR count). The van der Waals surface area contributed by atoms with Crippen molar-refractivity contribution in [3.8, 4) is 0 Å². The van der Waals surface area contributed by atoms with E-state index in [2.05, 4.69) is 9.44 Å². The van der Waals surface area contributed by atoms with Gasteiger partial charge in [-0.3, -0.25) is 9.44 Å². The Morgan fingerprint density at radius 3 is 1.14 bits per heavy atom. The predicted molar refractivity (Wildman–Crippen MR) is 142 cm³/mol. The van der Waals surface area contributed by atoms with Gasteiger partial charge in [-0.25, -0.2) is 25.3 Å². The second-order valence-electron chi connectivity index (χ2n) is 8.40. The van der Waals surface area contributed by atoms with Crippen LogP contribution in [0.2, 0.25) is 0 Å². The van der Waals surface area contributed by atoms with Gasteiger partial charge in [-0.15, -0.1) is 0 Å². The van der Waals surface area contributed by atoms with Crippen LogP contribution in [0, 0.1) is 13.8 Å². The van der Waals surface area contributed by atoms with Crippen molar-refractivity contribution in [1.29, 1.82) is 0 Å². The molecule has 0 heterocycles. The largest absolute Gasteiger partial charge is 0.280 e. The summed E-state index contributed by atoms with van der Waals surface area (Å²) in [5.41, 5.74) is 2.57. The number of benzene rings is 4. The lowest BCUT2D eigenvalue weighted by Gasteiger charge is -2.12. The summed E-state index contributed by atoms with van der Waals surface area (Å²) in [6.07, 6.45) is 0. The van der Waals surface area contributed by atoms with Crippen LogP contribution in [0.25, 0.3) is 0 Å². The highest BCUT2D eigenvalue weighted by atomic mass is 32.2. The molecular formula is C26H24N2O6S3. The average Bonchev–Trinajstić information content (AvgIpc) is 2.87. The number of nitrogens with one attached hydrogen (secondary N) is 2. The molecular weight excluding hydrogens is 532 g/mol. The zero-order valence-corrected chi connectivity index (χ0v) is 22.4. The highest BCUT2D eigenvalue weighted by Crippen LogP contribution is 2.27. The Kier molecular flexibility index (Phi) is 7.13. The Balaban J connectivity index is 1.65. The van der Waals surface area contributed by atoms with Gasteiger partial charge in [0, 0.05) is 11.4 Å². The van der Waals surface area contributed by atoms with Crippen LogP contribution in [-0.4, -0.2) is 25.3 Å². The van der Waals surface area contributed by atoms with Gasteiger partial charge in [0.1, 0.15) is 0 Å². The van der Waals surface area contributed by atoms with Gasteiger partial charge in [0.2, 0.25) is 9.84 Å². The number of sulfone groups is 1. The molecule has 2 N–H and O–H groups in total. The van der Waals surface area contributed by atoms with Crippen LogP contribution in [-0.2, 0) is 29.9 Å². The second kappa shape index (κ2) is 10.0. The molecule has 0 aliphatic carbocycles. The van der Waals surface area contributed by atoms with Gasteiger partial charge in [-0.05, 0) is 74.5 Å². The van der Waals surface area contributed by atoms with Crippen molar-refractivity contribution in [2.75, 3.05) is 9.44 Å². The summed E-state index contributed by atoms with van der Waals surface area (Å²) in [4.78, 5) is -1.08. The highest BCUT2D eigenvalue weighted by molar-refractivity contribution is 7.93. The molecule has 0 aliphatic heterocycles. The van der Waals surface area contributed by atoms with Crippen molar-refractivity contribution in [1.82, 2.24) is 0 Å². The van der Waals surface area contributed by atoms with E-state index in [0.29, 0.717) is 11.4 Å². The molecule has 37 heavy (non-hydrogen) atoms. The van der Waals surface area contributed by atoms with Crippen LogP contribution in [0.4, 0.5) is 11.4 Å². The summed E-state index contributed by atoms with van der Waals surface area (Å²) in [5, 5.41) is 0. The topological polar surface area (TPSA) is 126 Å². The SMILES string of the molecule is Cc1ccc(NS(=O)(=O)c2cccc(S(=O)(=O)c3cccc(S(=O)(=O)Nc4ccc(C)cc4)c3)c2)cc1. The van der Waals surface area contributed by atoms with E-state index in [-0.39, 0.29) is 19.6 Å². The van der Waals surface area contributed by atoms with Gasteiger partial charge >= 0.3 is 0 Å². The fraction of sp³-hybridized carbons (Fsp3) is 0.0769. The van der Waals surface area contributed by atoms with Crippen molar-refractivity contribution in [2.45, 2.75) is 33.4 Å². The van der Waals surface area contributed by atoms with Gasteiger partial charge < -0.3 is 0 Å². The van der Waals surface area contributed by atoms with Gasteiger partial charge in [0.05, 0.1) is 19.6 Å². The summed E-state index contributed by atoms with van der Waals surface area (Å²) in [6, 6.07) is 23.2. The van der Waals surface area contributed by atoms with Gasteiger partial charge in [-0.1, -0.05) is 47.5 Å². The first-order valence-electron chi connectivity index (χ1n) is 11.0. The Bertz CT molecular complexity index is 1640. The fourth-order valence-electron chi connectivity index (χ4n) is 3.42. The molecule has 0 amide bonds. The molecule has 0 spiro atoms. The smallest absolute Gasteiger partial charge is 0.261 e. The molecule has 0 bridgehead atoms. The van der Waals surface area contributed by atoms with E-state index in [1.54, 1.807) is 48.5 Å². The summed E-state index contributed by atoms with van der Waals surface area (Å²) < 4.78 is 83.1. The van der Waals surface area contributed by atoms with Crippen molar-refractivity contribution in [3.05, 3.63) is 108 Å². The van der Waals surface area contributed by atoms with E-state index in [9.17, 15) is 25.3 Å². The van der Waals surface area contributed by atoms with Crippen molar-refractivity contribution in [2.24, 2.45) is 0 Å². The maximum Gasteiger partial charge on any atom is 0.261 e. The Morgan fingerprint density at radius 1 is 0.459 bits per heavy atom. The van der Waals surface area contributed by atoms with Gasteiger partial charge in [-0.2, -0.15) is 0 Å². The lowest BCUT2D eigenvalue weighted by atomic mass is 10.2. The van der Waals surface area contributed by atoms with Crippen LogP contribution >= 0.6 is 0 Å². The number of anilines is 2. The first-order chi connectivity index (χ1) is 17.4. The van der Waals surface area contributed by atoms with E-state index in [1.807, 2.05) is 13.8 Å². The second-order valence-corrected chi connectivity index (χ2v) is 13.7. The van der Waals surface area contributed by atoms with E-state index < -0.39 is 29.9 Å². The van der Waals surface area contributed by atoms with E-state index in [1.165, 1.54) is 36.4 Å². The van der Waals surface area contributed by atoms with Crippen molar-refractivity contribution >= 4 is 41.3 Å². The first kappa shape index (κ1) is 26.4. The maximum absolute atomic E-state index is 13.4. The average molecular weight is 557 g/mol. The quantitative estimate of drug-likeness (QED) is 0.323. The Labute approximate surface area is 217 Å². The van der Waals surface area contributed by atoms with Crippen LogP contribution < -0.4 is 9.44 Å². The number of hydrogen-bond acceptors (Lipinski definition) is 6. The zero-order valence-electron chi connectivity index (χ0n) is 19.9. The zero-order chi connectivity index (χ0) is 26.8. The molecule has 0 saturated carbocycles. The molecule has 0 aliphatic rings. The van der Waals surface area contributed by atoms with Crippen LogP contribution in [0.5, 0.6) is 0 Å². The number of rotatable bonds is 8. The minimum absolute atomic E-state index is 0.251. The molecule has 0 atom stereocenters. The van der Waals surface area contributed by atoms with E-state index >= 15 is 0 Å². The maximum atomic E-state index is 13.4. The summed E-state index contributed by atoms with van der Waals surface area (Å²) in [7, 11) is -12.4. The van der Waals surface area contributed by atoms with Crippen LogP contribution in [0.3, 0.4) is 0 Å². The standard InChI is InChI=1S/C26H24N2O6S3/c1-19-9-13-21(14-10-19)27-36(31,32)25-7-3-5-23(17-25)35(29,30)24-6-4-8-26(18-24)37(33,34)28-22-15-11-20(2)12-16-22/h3-18,27-28H,1-2H3. The van der Waals surface area contributed by atoms with Crippen LogP contribution in [0.1, 0.15) is 11.1 Å². The molecule has 4 aromatic rings. The number of hydrogen-bond donors (Lipinski definition) is 2. The summed E-state index contributed by atoms with van der Waals surface area (Å²) in [6.45, 7) is 3.73. The Hall–Kier alpha value is -3.67. The summed E-state index contributed by atoms with van der Waals surface area (Å²) in [5.74, 6) is 0. The number of sulfonamides is 2. The van der Waals surface area contributed by atoms with Gasteiger partial charge in [0.15, 0.2) is 0 Å². The lowest BCUT2D eigenvalue weighted by Crippen LogP contribution is -2.15. The highest BCUT2D eigenvalue weighted by Gasteiger charge is 2.24. The minimum atomic E-state index is -4.25.